The van der Waals surface area contributed by atoms with E-state index in [-0.39, 0.29) is 6.54 Å². The standard InChI is InChI=1S/C31H30N2O5S/c1-22-28(9-6-20-33(39(2,36)37)21-23-7-4-3-5-8-23)29(38-32-22)26-12-10-24(11-13-26)25-14-16-27(17-15-25)31(18-19-31)30(34)35/h3-17H,18-21H2,1-2H3,(H,34,35)/b9-6+. The molecule has 0 amide bonds. The molecule has 0 saturated heterocycles. The van der Waals surface area contributed by atoms with E-state index in [2.05, 4.69) is 5.16 Å². The lowest BCUT2D eigenvalue weighted by atomic mass is 9.93. The Bertz CT molecular complexity index is 1600. The maximum atomic E-state index is 12.4. The molecule has 0 spiro atoms. The van der Waals surface area contributed by atoms with E-state index in [1.165, 1.54) is 10.6 Å². The van der Waals surface area contributed by atoms with Crippen LogP contribution >= 0.6 is 0 Å². The largest absolute Gasteiger partial charge is 0.481 e. The number of aromatic nitrogens is 1. The Hall–Kier alpha value is -4.01. The van der Waals surface area contributed by atoms with Gasteiger partial charge in [-0.05, 0) is 42.0 Å². The molecule has 1 saturated carbocycles. The first-order valence-electron chi connectivity index (χ1n) is 12.7. The van der Waals surface area contributed by atoms with Crippen molar-refractivity contribution >= 4 is 22.1 Å². The molecule has 4 aromatic rings. The van der Waals surface area contributed by atoms with Gasteiger partial charge in [-0.3, -0.25) is 4.79 Å². The SMILES string of the molecule is Cc1noc(-c2ccc(-c3ccc(C4(C(=O)O)CC4)cc3)cc2)c1/C=C/CN(Cc1ccccc1)S(C)(=O)=O. The van der Waals surface area contributed by atoms with Crippen LogP contribution in [0.4, 0.5) is 0 Å². The molecule has 0 aliphatic heterocycles. The van der Waals surface area contributed by atoms with E-state index in [0.717, 1.165) is 33.4 Å². The summed E-state index contributed by atoms with van der Waals surface area (Å²) < 4.78 is 31.8. The summed E-state index contributed by atoms with van der Waals surface area (Å²) in [5.74, 6) is -0.149. The highest BCUT2D eigenvalue weighted by molar-refractivity contribution is 7.88. The number of aryl methyl sites for hydroxylation is 1. The van der Waals surface area contributed by atoms with E-state index >= 15 is 0 Å². The van der Waals surface area contributed by atoms with Gasteiger partial charge >= 0.3 is 5.97 Å². The Morgan fingerprint density at radius 2 is 1.56 bits per heavy atom. The van der Waals surface area contributed by atoms with Gasteiger partial charge in [-0.15, -0.1) is 0 Å². The quantitative estimate of drug-likeness (QED) is 0.267. The van der Waals surface area contributed by atoms with Crippen molar-refractivity contribution in [3.8, 4) is 22.5 Å². The van der Waals surface area contributed by atoms with Gasteiger partial charge in [0.2, 0.25) is 10.0 Å². The van der Waals surface area contributed by atoms with Crippen molar-refractivity contribution in [2.45, 2.75) is 31.7 Å². The smallest absolute Gasteiger partial charge is 0.314 e. The minimum absolute atomic E-state index is 0.218. The molecule has 39 heavy (non-hydrogen) atoms. The van der Waals surface area contributed by atoms with Gasteiger partial charge in [-0.25, -0.2) is 8.42 Å². The zero-order valence-corrected chi connectivity index (χ0v) is 22.7. The van der Waals surface area contributed by atoms with Crippen LogP contribution in [0.25, 0.3) is 28.5 Å². The second-order valence-corrected chi connectivity index (χ2v) is 12.0. The van der Waals surface area contributed by atoms with Gasteiger partial charge < -0.3 is 9.63 Å². The van der Waals surface area contributed by atoms with E-state index < -0.39 is 21.4 Å². The van der Waals surface area contributed by atoms with E-state index in [1.54, 1.807) is 0 Å². The number of carbonyl (C=O) groups is 1. The maximum absolute atomic E-state index is 12.4. The van der Waals surface area contributed by atoms with Gasteiger partial charge in [0.05, 0.1) is 17.4 Å². The van der Waals surface area contributed by atoms with Crippen molar-refractivity contribution in [2.24, 2.45) is 0 Å². The van der Waals surface area contributed by atoms with Gasteiger partial charge in [0.1, 0.15) is 0 Å². The fourth-order valence-corrected chi connectivity index (χ4v) is 5.46. The molecule has 8 heteroatoms. The van der Waals surface area contributed by atoms with Crippen LogP contribution in [0.3, 0.4) is 0 Å². The predicted octanol–water partition coefficient (Wildman–Crippen LogP) is 5.91. The summed E-state index contributed by atoms with van der Waals surface area (Å²) >= 11 is 0. The van der Waals surface area contributed by atoms with Crippen molar-refractivity contribution < 1.29 is 22.8 Å². The predicted molar refractivity (Wildman–Crippen MR) is 151 cm³/mol. The number of rotatable bonds is 10. The molecule has 1 aromatic heterocycles. The summed E-state index contributed by atoms with van der Waals surface area (Å²) in [7, 11) is -3.41. The van der Waals surface area contributed by atoms with E-state index in [9.17, 15) is 18.3 Å². The van der Waals surface area contributed by atoms with Crippen molar-refractivity contribution in [3.63, 3.8) is 0 Å². The first kappa shape index (κ1) is 26.6. The lowest BCUT2D eigenvalue weighted by Gasteiger charge is -2.18. The fraction of sp³-hybridized carbons (Fsp3) is 0.226. The van der Waals surface area contributed by atoms with E-state index in [0.29, 0.717) is 30.8 Å². The Labute approximate surface area is 228 Å². The highest BCUT2D eigenvalue weighted by atomic mass is 32.2. The molecule has 1 aliphatic carbocycles. The summed E-state index contributed by atoms with van der Waals surface area (Å²) in [5, 5.41) is 13.7. The summed E-state index contributed by atoms with van der Waals surface area (Å²) in [6.07, 6.45) is 6.25. The number of sulfonamides is 1. The number of hydrogen-bond donors (Lipinski definition) is 1. The van der Waals surface area contributed by atoms with Crippen molar-refractivity contribution in [1.82, 2.24) is 9.46 Å². The minimum Gasteiger partial charge on any atom is -0.481 e. The van der Waals surface area contributed by atoms with Crippen LogP contribution in [0.2, 0.25) is 0 Å². The third-order valence-electron chi connectivity index (χ3n) is 7.25. The molecule has 0 atom stereocenters. The molecule has 7 nitrogen and oxygen atoms in total. The van der Waals surface area contributed by atoms with Crippen LogP contribution < -0.4 is 0 Å². The number of carboxylic acids is 1. The van der Waals surface area contributed by atoms with Gasteiger partial charge in [0.15, 0.2) is 5.76 Å². The Morgan fingerprint density at radius 3 is 2.13 bits per heavy atom. The van der Waals surface area contributed by atoms with Crippen molar-refractivity contribution in [2.75, 3.05) is 12.8 Å². The molecule has 1 N–H and O–H groups in total. The lowest BCUT2D eigenvalue weighted by Crippen LogP contribution is -2.29. The highest BCUT2D eigenvalue weighted by Gasteiger charge is 2.51. The number of benzene rings is 3. The van der Waals surface area contributed by atoms with E-state index in [4.69, 9.17) is 4.52 Å². The number of nitrogens with zero attached hydrogens (tertiary/aromatic N) is 2. The Morgan fingerprint density at radius 1 is 0.974 bits per heavy atom. The topological polar surface area (TPSA) is 101 Å². The van der Waals surface area contributed by atoms with Gasteiger partial charge in [0.25, 0.3) is 0 Å². The first-order valence-corrected chi connectivity index (χ1v) is 14.6. The van der Waals surface area contributed by atoms with Crippen molar-refractivity contribution in [3.05, 3.63) is 107 Å². The average Bonchev–Trinajstić information content (AvgIpc) is 3.67. The number of aliphatic carboxylic acids is 1. The fourth-order valence-electron chi connectivity index (χ4n) is 4.72. The number of carboxylic acid groups (broad SMARTS) is 1. The van der Waals surface area contributed by atoms with Crippen LogP contribution in [-0.2, 0) is 26.8 Å². The molecule has 1 aliphatic rings. The molecule has 1 fully saturated rings. The Balaban J connectivity index is 1.32. The zero-order valence-electron chi connectivity index (χ0n) is 21.9. The molecule has 1 heterocycles. The molecular formula is C31H30N2O5S. The highest BCUT2D eigenvalue weighted by Crippen LogP contribution is 2.48. The Kier molecular flexibility index (Phi) is 7.25. The maximum Gasteiger partial charge on any atom is 0.314 e. The molecule has 5 rings (SSSR count). The first-order chi connectivity index (χ1) is 18.7. The van der Waals surface area contributed by atoms with Crippen LogP contribution in [0.5, 0.6) is 0 Å². The summed E-state index contributed by atoms with van der Waals surface area (Å²) in [4.78, 5) is 11.6. The normalized spacial score (nSPS) is 14.6. The molecular weight excluding hydrogens is 512 g/mol. The minimum atomic E-state index is -3.41. The van der Waals surface area contributed by atoms with Gasteiger partial charge in [-0.1, -0.05) is 96.2 Å². The lowest BCUT2D eigenvalue weighted by molar-refractivity contribution is -0.140. The van der Waals surface area contributed by atoms with Crippen LogP contribution in [0.15, 0.2) is 89.5 Å². The summed E-state index contributed by atoms with van der Waals surface area (Å²) in [6, 6.07) is 25.1. The number of hydrogen-bond acceptors (Lipinski definition) is 5. The average molecular weight is 543 g/mol. The van der Waals surface area contributed by atoms with Gasteiger partial charge in [-0.2, -0.15) is 4.31 Å². The molecule has 200 valence electrons. The van der Waals surface area contributed by atoms with Gasteiger partial charge in [0, 0.05) is 24.2 Å². The van der Waals surface area contributed by atoms with Crippen LogP contribution in [0.1, 0.15) is 35.2 Å². The van der Waals surface area contributed by atoms with Crippen molar-refractivity contribution in [1.29, 1.82) is 0 Å². The molecule has 0 radical (unpaired) electrons. The molecule has 3 aromatic carbocycles. The summed E-state index contributed by atoms with van der Waals surface area (Å²) in [5.41, 5.74) is 5.41. The third-order valence-corrected chi connectivity index (χ3v) is 8.47. The monoisotopic (exact) mass is 542 g/mol. The summed E-state index contributed by atoms with van der Waals surface area (Å²) in [6.45, 7) is 2.36. The van der Waals surface area contributed by atoms with Crippen LogP contribution in [0, 0.1) is 6.92 Å². The zero-order chi connectivity index (χ0) is 27.6. The molecule has 0 bridgehead atoms. The third kappa shape index (κ3) is 5.72. The van der Waals surface area contributed by atoms with Crippen LogP contribution in [-0.4, -0.2) is 41.8 Å². The molecule has 0 unspecified atom stereocenters. The van der Waals surface area contributed by atoms with E-state index in [1.807, 2.05) is 97.9 Å². The second-order valence-electron chi connectivity index (χ2n) is 10.00. The second kappa shape index (κ2) is 10.6.